The first-order valence-electron chi connectivity index (χ1n) is 15.6. The Hall–Kier alpha value is -3.10. The maximum atomic E-state index is 14.3. The summed E-state index contributed by atoms with van der Waals surface area (Å²) in [5, 5.41) is 16.2. The van der Waals surface area contributed by atoms with Crippen LogP contribution < -0.4 is 20.0 Å². The van der Waals surface area contributed by atoms with E-state index in [1.807, 2.05) is 33.0 Å². The molecule has 7 rings (SSSR count). The van der Waals surface area contributed by atoms with Gasteiger partial charge in [0, 0.05) is 42.1 Å². The van der Waals surface area contributed by atoms with Crippen molar-refractivity contribution in [3.05, 3.63) is 41.6 Å². The predicted molar refractivity (Wildman–Crippen MR) is 159 cm³/mol. The minimum absolute atomic E-state index is 0.150. The summed E-state index contributed by atoms with van der Waals surface area (Å²) in [6.45, 7) is 8.32. The fraction of sp³-hybridized carbons (Fsp3) is 0.581. The fourth-order valence-corrected chi connectivity index (χ4v) is 7.97. The van der Waals surface area contributed by atoms with Crippen LogP contribution in [0.5, 0.6) is 0 Å². The van der Waals surface area contributed by atoms with Gasteiger partial charge < -0.3 is 39.6 Å². The Balaban J connectivity index is 0.000000692. The first-order valence-corrected chi connectivity index (χ1v) is 17.1. The zero-order chi connectivity index (χ0) is 33.5. The van der Waals surface area contributed by atoms with Gasteiger partial charge >= 0.3 is 0 Å². The number of phosphoric acid groups is 1. The number of nitrogens with zero attached hydrogens (tertiary/aromatic N) is 3. The van der Waals surface area contributed by atoms with Gasteiger partial charge in [0.2, 0.25) is 17.5 Å². The number of nitrogens with one attached hydrogen (secondary N) is 2. The molecule has 14 nitrogen and oxygen atoms in total. The fourth-order valence-electron chi connectivity index (χ4n) is 7.97. The molecule has 0 radical (unpaired) electrons. The molecule has 46 heavy (non-hydrogen) atoms. The second-order valence-electron chi connectivity index (χ2n) is 13.6. The molecule has 6 atom stereocenters. The number of ether oxygens (including phenoxy) is 1. The van der Waals surface area contributed by atoms with Gasteiger partial charge in [-0.25, -0.2) is 0 Å². The number of H-pyrrole nitrogens is 1. The van der Waals surface area contributed by atoms with E-state index in [9.17, 15) is 19.5 Å². The number of piperazine rings is 1. The smallest absolute Gasteiger partial charge is 0.281 e. The summed E-state index contributed by atoms with van der Waals surface area (Å²) in [7, 11) is -3.36. The molecular weight excluding hydrogens is 617 g/mol. The summed E-state index contributed by atoms with van der Waals surface area (Å²) in [5.74, 6) is -4.36. The van der Waals surface area contributed by atoms with Crippen LogP contribution in [-0.4, -0.2) is 92.4 Å². The summed E-state index contributed by atoms with van der Waals surface area (Å²) in [6, 6.07) is 4.80. The van der Waals surface area contributed by atoms with Gasteiger partial charge in [0.1, 0.15) is 12.1 Å². The highest BCUT2D eigenvalue weighted by Gasteiger charge is 2.72. The Morgan fingerprint density at radius 1 is 1.20 bits per heavy atom. The normalized spacial score (nSPS) is 32.3. The van der Waals surface area contributed by atoms with Crippen LogP contribution >= 0.6 is 7.82 Å². The quantitative estimate of drug-likeness (QED) is 0.350. The standard InChI is InChI=1S/C31H39N5O5.H3O4P/c1-16(2)26-28(38)35-11-7-10-24(35)31(40)36(26)29(39)30(41-31,17(3)4)33-27(37)19-12-21-20-8-6-9-22-25(20)18(14-32-22)13-23(21)34(5)15-19;1-5(2,3)4/h6,8-9,12,14,16-17,19,23-24,26,32,40H,7,10-11,13,15H2,1-5H3,(H,33,37);(H3,1,2,3,4)/p-3/t19-,23-,24+,26+,30-,31+;/m1./s1. The zero-order valence-electron chi connectivity index (χ0n) is 26.4. The SMILES string of the molecule is CC(C)[C@H]1C(=O)N2CCC[C@H]2[C@]2(O)O[C@](NC(=O)[C@@H]3C=C4c5cccc6[nH]cc(c56)C[C@H]4N(C)C3)(C(C)C)C(=O)N12.O=P([O-])([O-])[O-]. The van der Waals surface area contributed by atoms with Crippen LogP contribution in [-0.2, 0) is 30.1 Å². The highest BCUT2D eigenvalue weighted by molar-refractivity contribution is 7.40. The summed E-state index contributed by atoms with van der Waals surface area (Å²) in [6.07, 6.45) is 6.21. The number of fused-ring (bicyclic) bond motifs is 5. The van der Waals surface area contributed by atoms with Crippen molar-refractivity contribution >= 4 is 42.0 Å². The lowest BCUT2D eigenvalue weighted by atomic mass is 9.79. The van der Waals surface area contributed by atoms with Crippen LogP contribution in [0.3, 0.4) is 0 Å². The van der Waals surface area contributed by atoms with Crippen molar-refractivity contribution in [2.45, 2.75) is 76.7 Å². The second-order valence-corrected chi connectivity index (χ2v) is 14.5. The van der Waals surface area contributed by atoms with Crippen molar-refractivity contribution in [3.63, 3.8) is 0 Å². The number of aromatic nitrogens is 1. The lowest BCUT2D eigenvalue weighted by molar-refractivity contribution is -0.432. The number of carbonyl (C=O) groups excluding carboxylic acids is 3. The van der Waals surface area contributed by atoms with E-state index in [2.05, 4.69) is 33.5 Å². The first kappa shape index (κ1) is 32.8. The van der Waals surface area contributed by atoms with E-state index >= 15 is 0 Å². The van der Waals surface area contributed by atoms with Crippen molar-refractivity contribution in [2.75, 3.05) is 20.1 Å². The number of benzene rings is 1. The van der Waals surface area contributed by atoms with Crippen molar-refractivity contribution in [3.8, 4) is 0 Å². The Morgan fingerprint density at radius 2 is 1.89 bits per heavy atom. The molecule has 3 N–H and O–H groups in total. The molecule has 4 aliphatic heterocycles. The van der Waals surface area contributed by atoms with Gasteiger partial charge in [-0.3, -0.25) is 28.9 Å². The van der Waals surface area contributed by atoms with Gasteiger partial charge in [0.25, 0.3) is 11.8 Å². The van der Waals surface area contributed by atoms with E-state index in [1.54, 1.807) is 18.7 Å². The number of hydrogen-bond acceptors (Lipinski definition) is 10. The summed E-state index contributed by atoms with van der Waals surface area (Å²) < 4.78 is 15.0. The Bertz CT molecular complexity index is 1660. The molecule has 1 aliphatic carbocycles. The molecule has 5 aliphatic rings. The summed E-state index contributed by atoms with van der Waals surface area (Å²) >= 11 is 0. The molecular formula is C31H39N5O9P-3. The van der Waals surface area contributed by atoms with Crippen molar-refractivity contribution < 1.29 is 43.5 Å². The number of aromatic amines is 1. The van der Waals surface area contributed by atoms with Gasteiger partial charge in [-0.05, 0) is 55.0 Å². The summed E-state index contributed by atoms with van der Waals surface area (Å²) in [5.41, 5.74) is 2.78. The third-order valence-electron chi connectivity index (χ3n) is 10.1. The minimum Gasteiger partial charge on any atom is -0.822 e. The van der Waals surface area contributed by atoms with E-state index < -0.39 is 49.3 Å². The molecule has 3 fully saturated rings. The van der Waals surface area contributed by atoms with Crippen molar-refractivity contribution in [1.82, 2.24) is 25.0 Å². The van der Waals surface area contributed by atoms with Crippen molar-refractivity contribution in [2.24, 2.45) is 17.8 Å². The Morgan fingerprint density at radius 3 is 2.54 bits per heavy atom. The molecule has 1 aromatic carbocycles. The van der Waals surface area contributed by atoms with Crippen LogP contribution in [0.15, 0.2) is 30.5 Å². The van der Waals surface area contributed by atoms with Gasteiger partial charge in [-0.1, -0.05) is 45.9 Å². The molecule has 1 aromatic heterocycles. The molecule has 0 bridgehead atoms. The van der Waals surface area contributed by atoms with Crippen LogP contribution in [0, 0.1) is 17.8 Å². The minimum atomic E-state index is -5.39. The van der Waals surface area contributed by atoms with Gasteiger partial charge in [0.05, 0.1) is 5.92 Å². The van der Waals surface area contributed by atoms with E-state index in [0.717, 1.165) is 23.1 Å². The monoisotopic (exact) mass is 656 g/mol. The Kier molecular flexibility index (Phi) is 8.03. The van der Waals surface area contributed by atoms with Gasteiger partial charge in [0.15, 0.2) is 0 Å². The molecule has 3 amide bonds. The maximum absolute atomic E-state index is 14.3. The molecule has 250 valence electrons. The molecule has 0 unspecified atom stereocenters. The first-order chi connectivity index (χ1) is 21.5. The third-order valence-corrected chi connectivity index (χ3v) is 10.1. The van der Waals surface area contributed by atoms with Crippen molar-refractivity contribution in [1.29, 1.82) is 0 Å². The number of amides is 3. The van der Waals surface area contributed by atoms with E-state index in [1.165, 1.54) is 15.8 Å². The van der Waals surface area contributed by atoms with Gasteiger partial charge in [-0.2, -0.15) is 7.82 Å². The third kappa shape index (κ3) is 5.11. The van der Waals surface area contributed by atoms with E-state index in [4.69, 9.17) is 24.0 Å². The second kappa shape index (κ2) is 11.3. The lowest BCUT2D eigenvalue weighted by Crippen LogP contribution is -2.72. The van der Waals surface area contributed by atoms with Crippen LogP contribution in [0.4, 0.5) is 0 Å². The molecule has 0 spiro atoms. The number of carbonyl (C=O) groups is 3. The van der Waals surface area contributed by atoms with E-state index in [0.29, 0.717) is 25.9 Å². The number of hydrogen-bond donors (Lipinski definition) is 3. The zero-order valence-corrected chi connectivity index (χ0v) is 27.3. The highest BCUT2D eigenvalue weighted by atomic mass is 31.2. The predicted octanol–water partition coefficient (Wildman–Crippen LogP) is -0.784. The Labute approximate surface area is 266 Å². The largest absolute Gasteiger partial charge is 0.822 e. The molecule has 3 saturated heterocycles. The lowest BCUT2D eigenvalue weighted by Gasteiger charge is -2.49. The maximum Gasteiger partial charge on any atom is 0.281 e. The molecule has 0 saturated carbocycles. The molecule has 15 heteroatoms. The number of rotatable bonds is 4. The highest BCUT2D eigenvalue weighted by Crippen LogP contribution is 2.49. The topological polar surface area (TPSA) is 204 Å². The van der Waals surface area contributed by atoms with Crippen LogP contribution in [0.25, 0.3) is 16.5 Å². The molecule has 5 heterocycles. The average Bonchev–Trinajstić information content (AvgIpc) is 3.67. The van der Waals surface area contributed by atoms with Crippen LogP contribution in [0.2, 0.25) is 0 Å². The van der Waals surface area contributed by atoms with Gasteiger partial charge in [-0.15, -0.1) is 0 Å². The number of aliphatic hydroxyl groups is 1. The van der Waals surface area contributed by atoms with E-state index in [-0.39, 0.29) is 23.8 Å². The number of likely N-dealkylation sites (N-methyl/N-ethyl adjacent to an activating group) is 1. The average molecular weight is 657 g/mol. The summed E-state index contributed by atoms with van der Waals surface area (Å²) in [4.78, 5) is 76.0. The van der Waals surface area contributed by atoms with Crippen LogP contribution in [0.1, 0.15) is 51.7 Å². The molecule has 2 aromatic rings.